The van der Waals surface area contributed by atoms with E-state index in [1.54, 1.807) is 42.5 Å². The molecule has 0 aliphatic rings. The lowest BCUT2D eigenvalue weighted by Gasteiger charge is -2.13. The van der Waals surface area contributed by atoms with Gasteiger partial charge >= 0.3 is 0 Å². The number of benzene rings is 2. The summed E-state index contributed by atoms with van der Waals surface area (Å²) < 4.78 is 6.17. The fraction of sp³-hybridized carbons (Fsp3) is 0.273. The highest BCUT2D eigenvalue weighted by atomic mass is 79.9. The van der Waals surface area contributed by atoms with E-state index in [-0.39, 0.29) is 11.0 Å². The van der Waals surface area contributed by atoms with Gasteiger partial charge in [0.2, 0.25) is 5.91 Å². The first-order chi connectivity index (χ1) is 15.3. The third kappa shape index (κ3) is 7.93. The van der Waals surface area contributed by atoms with Gasteiger partial charge in [-0.15, -0.1) is 0 Å². The molecule has 0 heterocycles. The number of carbonyl (C=O) groups excluding carboxylic acids is 3. The van der Waals surface area contributed by atoms with Crippen molar-refractivity contribution in [1.82, 2.24) is 16.2 Å². The summed E-state index contributed by atoms with van der Waals surface area (Å²) in [4.78, 5) is 36.6. The van der Waals surface area contributed by atoms with E-state index in [4.69, 9.17) is 17.0 Å². The van der Waals surface area contributed by atoms with E-state index in [9.17, 15) is 14.4 Å². The summed E-state index contributed by atoms with van der Waals surface area (Å²) in [6, 6.07) is 11.5. The van der Waals surface area contributed by atoms with Gasteiger partial charge in [0.25, 0.3) is 11.8 Å². The Balaban J connectivity index is 1.87. The van der Waals surface area contributed by atoms with Crippen LogP contribution in [-0.4, -0.2) is 29.4 Å². The third-order valence-corrected chi connectivity index (χ3v) is 4.89. The highest BCUT2D eigenvalue weighted by molar-refractivity contribution is 9.10. The Morgan fingerprint density at radius 1 is 1.00 bits per heavy atom. The van der Waals surface area contributed by atoms with Crippen molar-refractivity contribution in [3.05, 3.63) is 58.1 Å². The average molecular weight is 521 g/mol. The second kappa shape index (κ2) is 12.8. The lowest BCUT2D eigenvalue weighted by atomic mass is 10.2. The van der Waals surface area contributed by atoms with Gasteiger partial charge in [0.1, 0.15) is 5.75 Å². The molecule has 0 radical (unpaired) electrons. The van der Waals surface area contributed by atoms with Crippen molar-refractivity contribution in [3.63, 3.8) is 0 Å². The van der Waals surface area contributed by atoms with Crippen LogP contribution in [0.5, 0.6) is 5.75 Å². The minimum atomic E-state index is -0.482. The first-order valence-corrected chi connectivity index (χ1v) is 11.3. The minimum absolute atomic E-state index is 0.0650. The zero-order valence-corrected chi connectivity index (χ0v) is 20.2. The fourth-order valence-electron chi connectivity index (χ4n) is 2.61. The van der Waals surface area contributed by atoms with Gasteiger partial charge in [-0.3, -0.25) is 30.6 Å². The molecule has 0 aliphatic heterocycles. The number of hydrogen-bond acceptors (Lipinski definition) is 5. The third-order valence-electron chi connectivity index (χ3n) is 4.19. The predicted octanol–water partition coefficient (Wildman–Crippen LogP) is 3.93. The minimum Gasteiger partial charge on any atom is -0.493 e. The van der Waals surface area contributed by atoms with Gasteiger partial charge in [0.05, 0.1) is 12.2 Å². The number of anilines is 1. The molecule has 0 spiro atoms. The van der Waals surface area contributed by atoms with E-state index >= 15 is 0 Å². The number of thiocarbonyl (C=S) groups is 1. The molecule has 0 atom stereocenters. The predicted molar refractivity (Wildman–Crippen MR) is 131 cm³/mol. The fourth-order valence-corrected chi connectivity index (χ4v) is 3.12. The van der Waals surface area contributed by atoms with E-state index in [2.05, 4.69) is 37.4 Å². The molecule has 8 nitrogen and oxygen atoms in total. The van der Waals surface area contributed by atoms with Crippen molar-refractivity contribution in [2.75, 3.05) is 11.9 Å². The number of hydrogen-bond donors (Lipinski definition) is 4. The summed E-state index contributed by atoms with van der Waals surface area (Å²) in [5.74, 6) is -0.584. The second-order valence-electron chi connectivity index (χ2n) is 6.66. The highest BCUT2D eigenvalue weighted by Gasteiger charge is 2.15. The lowest BCUT2D eigenvalue weighted by Crippen LogP contribution is -2.48. The Labute approximate surface area is 200 Å². The highest BCUT2D eigenvalue weighted by Crippen LogP contribution is 2.23. The van der Waals surface area contributed by atoms with Gasteiger partial charge in [0.15, 0.2) is 5.11 Å². The van der Waals surface area contributed by atoms with Crippen molar-refractivity contribution >= 4 is 56.7 Å². The van der Waals surface area contributed by atoms with Crippen LogP contribution in [0.2, 0.25) is 0 Å². The van der Waals surface area contributed by atoms with E-state index in [1.807, 2.05) is 13.8 Å². The lowest BCUT2D eigenvalue weighted by molar-refractivity contribution is -0.116. The Morgan fingerprint density at radius 2 is 1.72 bits per heavy atom. The molecular weight excluding hydrogens is 496 g/mol. The molecule has 0 aromatic heterocycles. The summed E-state index contributed by atoms with van der Waals surface area (Å²) in [6.07, 6.45) is 2.22. The molecule has 170 valence electrons. The van der Waals surface area contributed by atoms with E-state index in [1.165, 1.54) is 0 Å². The van der Waals surface area contributed by atoms with Crippen LogP contribution < -0.4 is 26.2 Å². The number of amides is 3. The monoisotopic (exact) mass is 520 g/mol. The van der Waals surface area contributed by atoms with Gasteiger partial charge < -0.3 is 10.1 Å². The molecule has 0 bridgehead atoms. The SMILES string of the molecule is CCCCC(=O)Nc1ccc(C(=O)NNC(=S)NC(=O)c2cc(Br)ccc2OCC)cc1. The number of halogens is 1. The molecule has 10 heteroatoms. The quantitative estimate of drug-likeness (QED) is 0.310. The summed E-state index contributed by atoms with van der Waals surface area (Å²) in [5.41, 5.74) is 6.18. The van der Waals surface area contributed by atoms with Gasteiger partial charge in [-0.25, -0.2) is 0 Å². The normalized spacial score (nSPS) is 10.1. The van der Waals surface area contributed by atoms with Crippen LogP contribution >= 0.6 is 28.1 Å². The summed E-state index contributed by atoms with van der Waals surface area (Å²) in [7, 11) is 0. The molecule has 0 saturated heterocycles. The molecule has 0 aliphatic carbocycles. The van der Waals surface area contributed by atoms with Gasteiger partial charge in [0, 0.05) is 22.1 Å². The summed E-state index contributed by atoms with van der Waals surface area (Å²) >= 11 is 8.41. The standard InChI is InChI=1S/C22H25BrN4O4S/c1-3-5-6-19(28)24-16-10-7-14(8-11-16)20(29)26-27-22(32)25-21(30)17-13-15(23)9-12-18(17)31-4-2/h7-13H,3-6H2,1-2H3,(H,24,28)(H,26,29)(H2,25,27,30,32). The van der Waals surface area contributed by atoms with Crippen molar-refractivity contribution in [2.45, 2.75) is 33.1 Å². The van der Waals surface area contributed by atoms with Crippen molar-refractivity contribution in [2.24, 2.45) is 0 Å². The van der Waals surface area contributed by atoms with E-state index in [0.717, 1.165) is 12.8 Å². The molecule has 0 unspecified atom stereocenters. The van der Waals surface area contributed by atoms with Crippen LogP contribution in [0.15, 0.2) is 46.9 Å². The van der Waals surface area contributed by atoms with Crippen LogP contribution in [0.1, 0.15) is 53.8 Å². The van der Waals surface area contributed by atoms with Crippen LogP contribution in [0.3, 0.4) is 0 Å². The van der Waals surface area contributed by atoms with Gasteiger partial charge in [-0.1, -0.05) is 29.3 Å². The zero-order chi connectivity index (χ0) is 23.5. The molecule has 32 heavy (non-hydrogen) atoms. The topological polar surface area (TPSA) is 109 Å². The molecule has 0 saturated carbocycles. The maximum Gasteiger partial charge on any atom is 0.269 e. The number of rotatable bonds is 8. The van der Waals surface area contributed by atoms with Crippen LogP contribution in [0.4, 0.5) is 5.69 Å². The Kier molecular flexibility index (Phi) is 10.1. The smallest absolute Gasteiger partial charge is 0.269 e. The Hall–Kier alpha value is -2.98. The van der Waals surface area contributed by atoms with Crippen LogP contribution in [-0.2, 0) is 4.79 Å². The molecule has 2 aromatic rings. The van der Waals surface area contributed by atoms with Crippen molar-refractivity contribution < 1.29 is 19.1 Å². The molecule has 4 N–H and O–H groups in total. The molecular formula is C22H25BrN4O4S. The van der Waals surface area contributed by atoms with Gasteiger partial charge in [-0.2, -0.15) is 0 Å². The molecule has 2 rings (SSSR count). The second-order valence-corrected chi connectivity index (χ2v) is 7.99. The molecule has 0 fully saturated rings. The largest absolute Gasteiger partial charge is 0.493 e. The maximum absolute atomic E-state index is 12.5. The number of carbonyl (C=O) groups is 3. The summed E-state index contributed by atoms with van der Waals surface area (Å²) in [5, 5.41) is 5.20. The zero-order valence-electron chi connectivity index (χ0n) is 17.8. The average Bonchev–Trinajstić information content (AvgIpc) is 2.77. The maximum atomic E-state index is 12.5. The number of nitrogens with one attached hydrogen (secondary N) is 4. The van der Waals surface area contributed by atoms with Crippen LogP contribution in [0.25, 0.3) is 0 Å². The van der Waals surface area contributed by atoms with E-state index in [0.29, 0.717) is 40.1 Å². The number of hydrazine groups is 1. The summed E-state index contributed by atoms with van der Waals surface area (Å²) in [6.45, 7) is 4.24. The van der Waals surface area contributed by atoms with Crippen LogP contribution in [0, 0.1) is 0 Å². The number of unbranched alkanes of at least 4 members (excludes halogenated alkanes) is 1. The van der Waals surface area contributed by atoms with Gasteiger partial charge in [-0.05, 0) is 68.0 Å². The first kappa shape index (κ1) is 25.3. The molecule has 2 aromatic carbocycles. The number of ether oxygens (including phenoxy) is 1. The first-order valence-electron chi connectivity index (χ1n) is 10.1. The van der Waals surface area contributed by atoms with E-state index < -0.39 is 11.8 Å². The Bertz CT molecular complexity index is 982. The van der Waals surface area contributed by atoms with Crippen molar-refractivity contribution in [1.29, 1.82) is 0 Å². The van der Waals surface area contributed by atoms with Crippen molar-refractivity contribution in [3.8, 4) is 5.75 Å². The Morgan fingerprint density at radius 3 is 2.38 bits per heavy atom. The molecule has 3 amide bonds.